The molecule has 1 unspecified atom stereocenters. The van der Waals surface area contributed by atoms with Crippen molar-refractivity contribution in [3.8, 4) is 0 Å². The number of carbonyl (C=O) groups excluding carboxylic acids is 2. The number of hydrogen-bond donors (Lipinski definition) is 2. The first-order valence-electron chi connectivity index (χ1n) is 8.12. The second kappa shape index (κ2) is 7.33. The van der Waals surface area contributed by atoms with Crippen molar-refractivity contribution in [3.63, 3.8) is 0 Å². The van der Waals surface area contributed by atoms with Crippen LogP contribution in [-0.4, -0.2) is 34.3 Å². The van der Waals surface area contributed by atoms with Crippen LogP contribution >= 0.6 is 0 Å². The number of nitrogens with one attached hydrogen (secondary N) is 2. The van der Waals surface area contributed by atoms with Gasteiger partial charge in [0.1, 0.15) is 11.9 Å². The van der Waals surface area contributed by atoms with Gasteiger partial charge in [0, 0.05) is 37.6 Å². The van der Waals surface area contributed by atoms with Gasteiger partial charge in [0.05, 0.1) is 6.20 Å². The van der Waals surface area contributed by atoms with Crippen LogP contribution in [0, 0.1) is 5.82 Å². The minimum Gasteiger partial charge on any atom is -0.334 e. The summed E-state index contributed by atoms with van der Waals surface area (Å²) in [5.41, 5.74) is 1.38. The van der Waals surface area contributed by atoms with Gasteiger partial charge >= 0.3 is 6.03 Å². The molecule has 2 N–H and O–H groups in total. The van der Waals surface area contributed by atoms with Gasteiger partial charge in [-0.05, 0) is 31.0 Å². The molecule has 1 atom stereocenters. The number of piperidine rings is 1. The van der Waals surface area contributed by atoms with E-state index in [9.17, 15) is 14.0 Å². The highest BCUT2D eigenvalue weighted by molar-refractivity contribution is 5.99. The fourth-order valence-corrected chi connectivity index (χ4v) is 2.86. The first-order chi connectivity index (χ1) is 12.0. The largest absolute Gasteiger partial charge is 0.334 e. The summed E-state index contributed by atoms with van der Waals surface area (Å²) in [6.45, 7) is 0.839. The van der Waals surface area contributed by atoms with Gasteiger partial charge in [0.25, 0.3) is 0 Å². The molecule has 132 valence electrons. The van der Waals surface area contributed by atoms with Gasteiger partial charge in [-0.3, -0.25) is 9.48 Å². The molecule has 0 spiro atoms. The van der Waals surface area contributed by atoms with Crippen molar-refractivity contribution in [3.05, 3.63) is 48.0 Å². The number of urea groups is 1. The zero-order chi connectivity index (χ0) is 17.8. The average Bonchev–Trinajstić information content (AvgIpc) is 3.00. The van der Waals surface area contributed by atoms with E-state index >= 15 is 0 Å². The lowest BCUT2D eigenvalue weighted by Gasteiger charge is -2.32. The maximum atomic E-state index is 13.4. The quantitative estimate of drug-likeness (QED) is 0.882. The molecular formula is C17H20FN5O2. The van der Waals surface area contributed by atoms with E-state index in [1.165, 1.54) is 17.0 Å². The molecule has 3 rings (SSSR count). The second-order valence-electron chi connectivity index (χ2n) is 6.01. The molecule has 3 amide bonds. The number of aryl methyl sites for hydroxylation is 1. The molecule has 7 nitrogen and oxygen atoms in total. The third kappa shape index (κ3) is 4.14. The Hall–Kier alpha value is -2.90. The Balaban J connectivity index is 1.58. The summed E-state index contributed by atoms with van der Waals surface area (Å²) in [5.74, 6) is -0.622. The van der Waals surface area contributed by atoms with Crippen LogP contribution in [0.2, 0.25) is 0 Å². The predicted molar refractivity (Wildman–Crippen MR) is 90.4 cm³/mol. The molecule has 2 heterocycles. The van der Waals surface area contributed by atoms with E-state index < -0.39 is 17.9 Å². The monoisotopic (exact) mass is 345 g/mol. The molecular weight excluding hydrogens is 325 g/mol. The Bertz CT molecular complexity index is 776. The van der Waals surface area contributed by atoms with Crippen LogP contribution in [0.15, 0.2) is 36.7 Å². The Morgan fingerprint density at radius 2 is 2.28 bits per heavy atom. The van der Waals surface area contributed by atoms with Crippen molar-refractivity contribution in [2.45, 2.75) is 25.4 Å². The number of nitrogens with zero attached hydrogens (tertiary/aromatic N) is 3. The number of halogens is 1. The van der Waals surface area contributed by atoms with E-state index in [4.69, 9.17) is 0 Å². The zero-order valence-electron chi connectivity index (χ0n) is 13.9. The van der Waals surface area contributed by atoms with Crippen LogP contribution in [-0.2, 0) is 18.4 Å². The van der Waals surface area contributed by atoms with Crippen molar-refractivity contribution in [2.24, 2.45) is 7.05 Å². The minimum absolute atomic E-state index is 0.228. The Morgan fingerprint density at radius 3 is 3.00 bits per heavy atom. The molecule has 1 aromatic carbocycles. The molecule has 0 aliphatic carbocycles. The molecule has 0 saturated carbocycles. The number of aromatic nitrogens is 2. The number of hydrogen-bond acceptors (Lipinski definition) is 3. The molecule has 0 radical (unpaired) electrons. The van der Waals surface area contributed by atoms with Crippen LogP contribution in [0.5, 0.6) is 0 Å². The number of amides is 3. The van der Waals surface area contributed by atoms with Crippen LogP contribution in [0.1, 0.15) is 18.4 Å². The fraction of sp³-hybridized carbons (Fsp3) is 0.353. The number of benzene rings is 1. The summed E-state index contributed by atoms with van der Waals surface area (Å²) in [6, 6.07) is 4.87. The zero-order valence-corrected chi connectivity index (χ0v) is 13.9. The number of anilines is 1. The van der Waals surface area contributed by atoms with Gasteiger partial charge < -0.3 is 15.5 Å². The lowest BCUT2D eigenvalue weighted by atomic mass is 10.0. The summed E-state index contributed by atoms with van der Waals surface area (Å²) in [5, 5.41) is 9.43. The molecule has 1 fully saturated rings. The van der Waals surface area contributed by atoms with Gasteiger partial charge in [0.15, 0.2) is 0 Å². The SMILES string of the molecule is Cn1cc(CNC(=O)NC2CCCN(c3cccc(F)c3)C2=O)cn1. The molecule has 1 aromatic heterocycles. The molecule has 0 bridgehead atoms. The van der Waals surface area contributed by atoms with E-state index in [1.54, 1.807) is 36.3 Å². The maximum absolute atomic E-state index is 13.4. The molecule has 25 heavy (non-hydrogen) atoms. The lowest BCUT2D eigenvalue weighted by molar-refractivity contribution is -0.121. The fourth-order valence-electron chi connectivity index (χ4n) is 2.86. The molecule has 1 aliphatic heterocycles. The average molecular weight is 345 g/mol. The standard InChI is InChI=1S/C17H20FN5O2/c1-22-11-12(10-20-22)9-19-17(25)21-15-6-3-7-23(16(15)24)14-5-2-4-13(18)8-14/h2,4-5,8,10-11,15H,3,6-7,9H2,1H3,(H2,19,21,25). The van der Waals surface area contributed by atoms with Gasteiger partial charge in [0.2, 0.25) is 5.91 Å². The summed E-state index contributed by atoms with van der Waals surface area (Å²) >= 11 is 0. The van der Waals surface area contributed by atoms with Gasteiger partial charge in [-0.2, -0.15) is 5.10 Å². The molecule has 1 aliphatic rings. The van der Waals surface area contributed by atoms with Crippen molar-refractivity contribution in [1.82, 2.24) is 20.4 Å². The minimum atomic E-state index is -0.620. The summed E-state index contributed by atoms with van der Waals surface area (Å²) in [4.78, 5) is 26.2. The third-order valence-corrected chi connectivity index (χ3v) is 4.08. The van der Waals surface area contributed by atoms with E-state index in [0.717, 1.165) is 12.0 Å². The summed E-state index contributed by atoms with van der Waals surface area (Å²) in [7, 11) is 1.80. The van der Waals surface area contributed by atoms with Gasteiger partial charge in [-0.1, -0.05) is 6.07 Å². The normalized spacial score (nSPS) is 17.4. The van der Waals surface area contributed by atoms with Crippen LogP contribution in [0.25, 0.3) is 0 Å². The lowest BCUT2D eigenvalue weighted by Crippen LogP contribution is -2.54. The summed E-state index contributed by atoms with van der Waals surface area (Å²) < 4.78 is 15.0. The van der Waals surface area contributed by atoms with Gasteiger partial charge in [-0.25, -0.2) is 9.18 Å². The van der Waals surface area contributed by atoms with Gasteiger partial charge in [-0.15, -0.1) is 0 Å². The second-order valence-corrected chi connectivity index (χ2v) is 6.01. The van der Waals surface area contributed by atoms with E-state index in [1.807, 2.05) is 0 Å². The van der Waals surface area contributed by atoms with Crippen LogP contribution in [0.4, 0.5) is 14.9 Å². The highest BCUT2D eigenvalue weighted by Gasteiger charge is 2.30. The maximum Gasteiger partial charge on any atom is 0.315 e. The van der Waals surface area contributed by atoms with E-state index in [-0.39, 0.29) is 5.91 Å². The topological polar surface area (TPSA) is 79.3 Å². The Kier molecular flexibility index (Phi) is 4.97. The number of rotatable bonds is 4. The first kappa shape index (κ1) is 16.9. The third-order valence-electron chi connectivity index (χ3n) is 4.08. The van der Waals surface area contributed by atoms with Crippen molar-refractivity contribution < 1.29 is 14.0 Å². The highest BCUT2D eigenvalue weighted by atomic mass is 19.1. The van der Waals surface area contributed by atoms with E-state index in [2.05, 4.69) is 15.7 Å². The van der Waals surface area contributed by atoms with Crippen molar-refractivity contribution in [1.29, 1.82) is 0 Å². The Labute approximate surface area is 144 Å². The molecule has 2 aromatic rings. The number of carbonyl (C=O) groups is 2. The highest BCUT2D eigenvalue weighted by Crippen LogP contribution is 2.21. The van der Waals surface area contributed by atoms with Crippen LogP contribution in [0.3, 0.4) is 0 Å². The van der Waals surface area contributed by atoms with E-state index in [0.29, 0.717) is 25.2 Å². The molecule has 8 heteroatoms. The first-order valence-corrected chi connectivity index (χ1v) is 8.12. The van der Waals surface area contributed by atoms with Crippen molar-refractivity contribution >= 4 is 17.6 Å². The summed E-state index contributed by atoms with van der Waals surface area (Å²) in [6.07, 6.45) is 4.76. The Morgan fingerprint density at radius 1 is 1.44 bits per heavy atom. The van der Waals surface area contributed by atoms with Crippen molar-refractivity contribution in [2.75, 3.05) is 11.4 Å². The van der Waals surface area contributed by atoms with Crippen LogP contribution < -0.4 is 15.5 Å². The molecule has 1 saturated heterocycles. The smallest absolute Gasteiger partial charge is 0.315 e. The predicted octanol–water partition coefficient (Wildman–Crippen LogP) is 1.55.